The number of nitrogens with zero attached hydrogens (tertiary/aromatic N) is 1. The van der Waals surface area contributed by atoms with Crippen molar-refractivity contribution in [1.82, 2.24) is 4.90 Å². The molecule has 10 atom stereocenters. The summed E-state index contributed by atoms with van der Waals surface area (Å²) in [6.45, 7) is 9.77. The largest absolute Gasteiger partial charge is 0.393 e. The number of fused-ring (bicyclic) bond motifs is 5. The van der Waals surface area contributed by atoms with E-state index in [0.717, 1.165) is 36.5 Å². The van der Waals surface area contributed by atoms with E-state index in [0.29, 0.717) is 11.3 Å². The van der Waals surface area contributed by atoms with Gasteiger partial charge in [-0.25, -0.2) is 0 Å². The fourth-order valence-corrected chi connectivity index (χ4v) is 8.61. The first-order valence-electron chi connectivity index (χ1n) is 12.2. The van der Waals surface area contributed by atoms with Gasteiger partial charge in [-0.05, 0) is 106 Å². The van der Waals surface area contributed by atoms with Crippen molar-refractivity contribution in [3.63, 3.8) is 0 Å². The molecular weight excluding hydrogens is 346 g/mol. The van der Waals surface area contributed by atoms with Gasteiger partial charge in [0, 0.05) is 6.42 Å². The first-order chi connectivity index (χ1) is 13.2. The Balaban J connectivity index is 1.63. The highest BCUT2D eigenvalue weighted by Gasteiger charge is 2.62. The summed E-state index contributed by atoms with van der Waals surface area (Å²) in [7, 11) is 4.20. The molecule has 28 heavy (non-hydrogen) atoms. The lowest BCUT2D eigenvalue weighted by atomic mass is 9.44. The number of hydrogen-bond donors (Lipinski definition) is 1. The molecule has 4 fully saturated rings. The van der Waals surface area contributed by atoms with Gasteiger partial charge in [-0.3, -0.25) is 4.90 Å². The van der Waals surface area contributed by atoms with Crippen molar-refractivity contribution >= 4 is 0 Å². The van der Waals surface area contributed by atoms with Gasteiger partial charge in [0.1, 0.15) is 6.23 Å². The molecule has 0 spiro atoms. The molecule has 0 aromatic rings. The molecule has 0 aliphatic heterocycles. The maximum atomic E-state index is 10.6. The summed E-state index contributed by atoms with van der Waals surface area (Å²) < 4.78 is 6.69. The molecule has 4 saturated carbocycles. The highest BCUT2D eigenvalue weighted by atomic mass is 16.5. The van der Waals surface area contributed by atoms with Gasteiger partial charge in [0.2, 0.25) is 0 Å². The number of aliphatic hydroxyl groups is 1. The summed E-state index contributed by atoms with van der Waals surface area (Å²) in [6.07, 6.45) is 11.7. The molecular formula is C25H45NO2. The van der Waals surface area contributed by atoms with E-state index in [1.165, 1.54) is 44.9 Å². The van der Waals surface area contributed by atoms with Crippen LogP contribution in [0.4, 0.5) is 0 Å². The molecule has 162 valence electrons. The number of aliphatic hydroxyl groups excluding tert-OH is 1. The Bertz CT molecular complexity index is 565. The molecule has 0 radical (unpaired) electrons. The topological polar surface area (TPSA) is 32.7 Å². The minimum absolute atomic E-state index is 0.109. The predicted octanol–water partition coefficient (Wildman–Crippen LogP) is 5.32. The quantitative estimate of drug-likeness (QED) is 0.658. The summed E-state index contributed by atoms with van der Waals surface area (Å²) in [5.74, 6) is 4.16. The lowest BCUT2D eigenvalue weighted by Gasteiger charge is -2.63. The van der Waals surface area contributed by atoms with Crippen molar-refractivity contribution in [1.29, 1.82) is 0 Å². The van der Waals surface area contributed by atoms with Crippen LogP contribution in [0, 0.1) is 40.4 Å². The number of rotatable bonds is 4. The summed E-state index contributed by atoms with van der Waals surface area (Å²) in [6, 6.07) is 0. The zero-order valence-corrected chi connectivity index (χ0v) is 19.3. The SMILES string of the molecule is CC[C@H]1CC[C@H]2[C@@H]3CC[C@H]4C[C@H](O)CC(OC(C)N(C)C)[C@]4(C)[C@H]3CC[C@]12C. The first kappa shape index (κ1) is 21.1. The first-order valence-corrected chi connectivity index (χ1v) is 12.2. The van der Waals surface area contributed by atoms with Crippen molar-refractivity contribution in [2.45, 2.75) is 104 Å². The average molecular weight is 392 g/mol. The van der Waals surface area contributed by atoms with Gasteiger partial charge >= 0.3 is 0 Å². The van der Waals surface area contributed by atoms with Gasteiger partial charge in [0.15, 0.2) is 0 Å². The Kier molecular flexibility index (Phi) is 5.69. The number of hydrogen-bond acceptors (Lipinski definition) is 3. The molecule has 2 unspecified atom stereocenters. The van der Waals surface area contributed by atoms with E-state index in [9.17, 15) is 5.11 Å². The third-order valence-electron chi connectivity index (χ3n) is 10.5. The van der Waals surface area contributed by atoms with E-state index < -0.39 is 0 Å². The normalized spacial score (nSPS) is 52.1. The van der Waals surface area contributed by atoms with E-state index in [1.807, 2.05) is 0 Å². The monoisotopic (exact) mass is 391 g/mol. The maximum absolute atomic E-state index is 10.6. The second-order valence-electron chi connectivity index (χ2n) is 11.6. The number of ether oxygens (including phenoxy) is 1. The molecule has 3 nitrogen and oxygen atoms in total. The maximum Gasteiger partial charge on any atom is 0.107 e. The molecule has 4 aliphatic rings. The van der Waals surface area contributed by atoms with Crippen LogP contribution in [0.15, 0.2) is 0 Å². The van der Waals surface area contributed by atoms with Crippen molar-refractivity contribution < 1.29 is 9.84 Å². The van der Waals surface area contributed by atoms with E-state index in [2.05, 4.69) is 46.7 Å². The minimum atomic E-state index is -0.182. The lowest BCUT2D eigenvalue weighted by Crippen LogP contribution is -2.60. The van der Waals surface area contributed by atoms with Crippen LogP contribution in [0.2, 0.25) is 0 Å². The fraction of sp³-hybridized carbons (Fsp3) is 1.00. The molecule has 0 bridgehead atoms. The second-order valence-corrected chi connectivity index (χ2v) is 11.6. The molecule has 0 saturated heterocycles. The second kappa shape index (κ2) is 7.54. The van der Waals surface area contributed by atoms with Crippen LogP contribution in [0.5, 0.6) is 0 Å². The summed E-state index contributed by atoms with van der Waals surface area (Å²) >= 11 is 0. The van der Waals surface area contributed by atoms with Gasteiger partial charge in [0.05, 0.1) is 12.2 Å². The van der Waals surface area contributed by atoms with E-state index in [4.69, 9.17) is 4.74 Å². The smallest absolute Gasteiger partial charge is 0.107 e. The van der Waals surface area contributed by atoms with E-state index in [-0.39, 0.29) is 23.9 Å². The highest BCUT2D eigenvalue weighted by Crippen LogP contribution is 2.68. The zero-order chi connectivity index (χ0) is 20.3. The van der Waals surface area contributed by atoms with Crippen molar-refractivity contribution in [3.8, 4) is 0 Å². The van der Waals surface area contributed by atoms with Gasteiger partial charge in [-0.1, -0.05) is 27.2 Å². The molecule has 0 aromatic heterocycles. The molecule has 4 aliphatic carbocycles. The summed E-state index contributed by atoms with van der Waals surface area (Å²) in [5, 5.41) is 10.6. The summed E-state index contributed by atoms with van der Waals surface area (Å²) in [5.41, 5.74) is 0.818. The Hall–Kier alpha value is -0.120. The Labute approximate surface area is 173 Å². The molecule has 0 aromatic carbocycles. The Morgan fingerprint density at radius 1 is 1.04 bits per heavy atom. The third kappa shape index (κ3) is 3.10. The zero-order valence-electron chi connectivity index (χ0n) is 19.3. The van der Waals surface area contributed by atoms with E-state index >= 15 is 0 Å². The Morgan fingerprint density at radius 2 is 1.79 bits per heavy atom. The minimum Gasteiger partial charge on any atom is -0.393 e. The predicted molar refractivity (Wildman–Crippen MR) is 115 cm³/mol. The van der Waals surface area contributed by atoms with Crippen molar-refractivity contribution in [2.75, 3.05) is 14.1 Å². The molecule has 3 heteroatoms. The van der Waals surface area contributed by atoms with E-state index in [1.54, 1.807) is 0 Å². The van der Waals surface area contributed by atoms with Crippen molar-refractivity contribution in [2.24, 2.45) is 40.4 Å². The van der Waals surface area contributed by atoms with Crippen molar-refractivity contribution in [3.05, 3.63) is 0 Å². The van der Waals surface area contributed by atoms with Crippen LogP contribution in [0.1, 0.15) is 85.5 Å². The standard InChI is InChI=1S/C25H45NO2/c1-7-17-9-11-21-20-10-8-18-14-19(27)15-23(28-16(2)26(5)6)25(18,4)22(20)12-13-24(17,21)3/h16-23,27H,7-15H2,1-6H3/t16?,17-,18-,19-,20-,21-,22-,23?,24+,25-/m0/s1. The van der Waals surface area contributed by atoms with Crippen LogP contribution in [-0.2, 0) is 4.74 Å². The molecule has 1 N–H and O–H groups in total. The van der Waals surface area contributed by atoms with Crippen LogP contribution >= 0.6 is 0 Å². The molecule has 0 amide bonds. The molecule has 0 heterocycles. The van der Waals surface area contributed by atoms with Crippen LogP contribution < -0.4 is 0 Å². The average Bonchev–Trinajstić information content (AvgIpc) is 2.99. The van der Waals surface area contributed by atoms with Gasteiger partial charge < -0.3 is 9.84 Å². The summed E-state index contributed by atoms with van der Waals surface area (Å²) in [4.78, 5) is 2.17. The Morgan fingerprint density at radius 3 is 2.46 bits per heavy atom. The van der Waals surface area contributed by atoms with Crippen LogP contribution in [0.3, 0.4) is 0 Å². The molecule has 4 rings (SSSR count). The third-order valence-corrected chi connectivity index (χ3v) is 10.5. The van der Waals surface area contributed by atoms with Gasteiger partial charge in [-0.2, -0.15) is 0 Å². The highest BCUT2D eigenvalue weighted by molar-refractivity contribution is 5.11. The lowest BCUT2D eigenvalue weighted by molar-refractivity contribution is -0.222. The fourth-order valence-electron chi connectivity index (χ4n) is 8.61. The van der Waals surface area contributed by atoms with Gasteiger partial charge in [-0.15, -0.1) is 0 Å². The van der Waals surface area contributed by atoms with Crippen LogP contribution in [-0.4, -0.2) is 42.5 Å². The van der Waals surface area contributed by atoms with Gasteiger partial charge in [0.25, 0.3) is 0 Å². The van der Waals surface area contributed by atoms with Crippen LogP contribution in [0.25, 0.3) is 0 Å².